The van der Waals surface area contributed by atoms with Gasteiger partial charge in [0, 0.05) is 58.1 Å². The van der Waals surface area contributed by atoms with E-state index in [0.29, 0.717) is 44.1 Å². The number of aromatic nitrogens is 2. The number of imidazole rings is 1. The summed E-state index contributed by atoms with van der Waals surface area (Å²) in [5.74, 6) is 1.69. The van der Waals surface area contributed by atoms with E-state index in [-0.39, 0.29) is 42.5 Å². The number of benzene rings is 1. The van der Waals surface area contributed by atoms with Crippen molar-refractivity contribution >= 4 is 76.6 Å². The molecule has 0 saturated carbocycles. The largest absolute Gasteiger partial charge is 0.369 e. The normalized spacial score (nSPS) is 12.5. The first-order valence-corrected chi connectivity index (χ1v) is 12.7. The molecule has 0 radical (unpaired) electrons. The number of hydrogen-bond donors (Lipinski definition) is 2. The number of fused-ring (bicyclic) bond motifs is 1. The van der Waals surface area contributed by atoms with E-state index in [1.165, 1.54) is 4.90 Å². The molecule has 0 spiro atoms. The third kappa shape index (κ3) is 9.45. The highest BCUT2D eigenvalue weighted by molar-refractivity contribution is 6.18. The maximum absolute atomic E-state index is 12.7. The van der Waals surface area contributed by atoms with E-state index >= 15 is 0 Å². The molecule has 1 aromatic carbocycles. The average molecular weight is 586 g/mol. The van der Waals surface area contributed by atoms with Crippen LogP contribution in [0.2, 0.25) is 0 Å². The molecule has 8 nitrogen and oxygen atoms in total. The molecule has 0 saturated heterocycles. The Bertz CT molecular complexity index is 963. The van der Waals surface area contributed by atoms with Crippen LogP contribution in [0.25, 0.3) is 11.0 Å². The van der Waals surface area contributed by atoms with Gasteiger partial charge < -0.3 is 25.4 Å². The van der Waals surface area contributed by atoms with E-state index < -0.39 is 12.1 Å². The standard InChI is InChI=1S/C24H38Cl2N6O2.2ClH/c1-16(2)14-20(24(34)30(3)4)29-23(33)18(27)7-9-22-28-19-15-17(6-8-21(19)31(22)5)32(12-10-25)13-11-26;;/h6,8,15-16,18,20H,7,9-14,27H2,1-5H3,(H,29,33);2*1H/t18-,20-;;/m0../s1. The van der Waals surface area contributed by atoms with E-state index in [4.69, 9.17) is 33.9 Å². The van der Waals surface area contributed by atoms with E-state index in [1.807, 2.05) is 43.7 Å². The van der Waals surface area contributed by atoms with Gasteiger partial charge in [0.15, 0.2) is 0 Å². The van der Waals surface area contributed by atoms with Crippen molar-refractivity contribution < 1.29 is 9.59 Å². The fraction of sp³-hybridized carbons (Fsp3) is 0.625. The van der Waals surface area contributed by atoms with E-state index in [9.17, 15) is 9.59 Å². The van der Waals surface area contributed by atoms with Crippen molar-refractivity contribution in [1.29, 1.82) is 0 Å². The zero-order chi connectivity index (χ0) is 25.4. The summed E-state index contributed by atoms with van der Waals surface area (Å²) >= 11 is 11.9. The Balaban J connectivity index is 0.00000612. The Morgan fingerprint density at radius 3 is 2.28 bits per heavy atom. The number of anilines is 1. The van der Waals surface area contributed by atoms with Crippen molar-refractivity contribution in [3.05, 3.63) is 24.0 Å². The quantitative estimate of drug-likeness (QED) is 0.350. The van der Waals surface area contributed by atoms with Crippen LogP contribution >= 0.6 is 48.0 Å². The summed E-state index contributed by atoms with van der Waals surface area (Å²) in [4.78, 5) is 33.6. The van der Waals surface area contributed by atoms with Gasteiger partial charge in [-0.25, -0.2) is 4.98 Å². The number of nitrogens with zero attached hydrogens (tertiary/aromatic N) is 4. The second kappa shape index (κ2) is 16.4. The number of alkyl halides is 2. The van der Waals surface area contributed by atoms with Crippen LogP contribution < -0.4 is 16.0 Å². The third-order valence-corrected chi connectivity index (χ3v) is 6.15. The topological polar surface area (TPSA) is 96.5 Å². The lowest BCUT2D eigenvalue weighted by Crippen LogP contribution is -2.51. The fourth-order valence-corrected chi connectivity index (χ4v) is 4.34. The van der Waals surface area contributed by atoms with Gasteiger partial charge >= 0.3 is 0 Å². The summed E-state index contributed by atoms with van der Waals surface area (Å²) in [5, 5.41) is 2.84. The van der Waals surface area contributed by atoms with Gasteiger partial charge in [0.2, 0.25) is 11.8 Å². The number of aryl methyl sites for hydroxylation is 2. The molecule has 206 valence electrons. The number of rotatable bonds is 13. The molecule has 0 fully saturated rings. The van der Waals surface area contributed by atoms with Crippen LogP contribution in [0.1, 0.15) is 32.5 Å². The minimum atomic E-state index is -0.733. The fourth-order valence-electron chi connectivity index (χ4n) is 3.93. The molecule has 1 heterocycles. The smallest absolute Gasteiger partial charge is 0.244 e. The summed E-state index contributed by atoms with van der Waals surface area (Å²) in [6.45, 7) is 5.45. The molecule has 12 heteroatoms. The molecular weight excluding hydrogens is 546 g/mol. The first kappa shape index (κ1) is 34.6. The van der Waals surface area contributed by atoms with Crippen LogP contribution in [0.15, 0.2) is 18.2 Å². The minimum Gasteiger partial charge on any atom is -0.369 e. The SMILES string of the molecule is CC(C)C[C@H](NC(=O)[C@@H](N)CCc1nc2cc(N(CCCl)CCCl)ccc2n1C)C(=O)N(C)C.Cl.Cl. The molecule has 2 aromatic rings. The molecule has 0 aliphatic heterocycles. The number of amides is 2. The van der Waals surface area contributed by atoms with Crippen molar-refractivity contribution in [3.63, 3.8) is 0 Å². The van der Waals surface area contributed by atoms with Crippen LogP contribution in [-0.2, 0) is 23.1 Å². The number of nitrogens with two attached hydrogens (primary N) is 1. The van der Waals surface area contributed by atoms with E-state index in [0.717, 1.165) is 22.5 Å². The molecule has 0 aliphatic rings. The van der Waals surface area contributed by atoms with Crippen LogP contribution in [-0.4, -0.2) is 77.3 Å². The second-order valence-corrected chi connectivity index (χ2v) is 9.95. The number of carbonyl (C=O) groups excluding carboxylic acids is 2. The zero-order valence-corrected chi connectivity index (χ0v) is 24.8. The van der Waals surface area contributed by atoms with Gasteiger partial charge in [0.05, 0.1) is 17.1 Å². The highest BCUT2D eigenvalue weighted by atomic mass is 35.5. The Labute approximate surface area is 237 Å². The highest BCUT2D eigenvalue weighted by Crippen LogP contribution is 2.23. The molecule has 2 rings (SSSR count). The summed E-state index contributed by atoms with van der Waals surface area (Å²) in [6, 6.07) is 4.80. The van der Waals surface area contributed by atoms with Gasteiger partial charge in [-0.05, 0) is 37.0 Å². The number of likely N-dealkylation sites (N-methyl/N-ethyl adjacent to an activating group) is 1. The van der Waals surface area contributed by atoms with Gasteiger partial charge in [-0.3, -0.25) is 9.59 Å². The van der Waals surface area contributed by atoms with Gasteiger partial charge in [0.25, 0.3) is 0 Å². The van der Waals surface area contributed by atoms with Crippen molar-refractivity contribution in [2.75, 3.05) is 43.8 Å². The van der Waals surface area contributed by atoms with Crippen molar-refractivity contribution in [2.24, 2.45) is 18.7 Å². The lowest BCUT2D eigenvalue weighted by Gasteiger charge is -2.24. The molecule has 0 unspecified atom stereocenters. The molecule has 0 aliphatic carbocycles. The Morgan fingerprint density at radius 2 is 1.75 bits per heavy atom. The van der Waals surface area contributed by atoms with E-state index in [2.05, 4.69) is 10.2 Å². The maximum Gasteiger partial charge on any atom is 0.244 e. The van der Waals surface area contributed by atoms with Crippen molar-refractivity contribution in [3.8, 4) is 0 Å². The van der Waals surface area contributed by atoms with Gasteiger partial charge in [-0.2, -0.15) is 0 Å². The van der Waals surface area contributed by atoms with E-state index in [1.54, 1.807) is 14.1 Å². The van der Waals surface area contributed by atoms with Crippen LogP contribution in [0, 0.1) is 5.92 Å². The Hall–Kier alpha value is -1.45. The monoisotopic (exact) mass is 584 g/mol. The van der Waals surface area contributed by atoms with Crippen LogP contribution in [0.4, 0.5) is 5.69 Å². The first-order valence-electron chi connectivity index (χ1n) is 11.7. The minimum absolute atomic E-state index is 0. The first-order chi connectivity index (χ1) is 16.1. The Morgan fingerprint density at radius 1 is 1.14 bits per heavy atom. The summed E-state index contributed by atoms with van der Waals surface area (Å²) < 4.78 is 2.02. The number of hydrogen-bond acceptors (Lipinski definition) is 5. The molecule has 2 amide bonds. The lowest BCUT2D eigenvalue weighted by atomic mass is 10.0. The predicted molar refractivity (Wildman–Crippen MR) is 155 cm³/mol. The number of halogens is 4. The predicted octanol–water partition coefficient (Wildman–Crippen LogP) is 3.58. The third-order valence-electron chi connectivity index (χ3n) is 5.81. The summed E-state index contributed by atoms with van der Waals surface area (Å²) in [7, 11) is 5.33. The van der Waals surface area contributed by atoms with Crippen molar-refractivity contribution in [2.45, 2.75) is 45.2 Å². The molecule has 3 N–H and O–H groups in total. The molecule has 2 atom stereocenters. The van der Waals surface area contributed by atoms with Gasteiger partial charge in [-0.15, -0.1) is 48.0 Å². The lowest BCUT2D eigenvalue weighted by molar-refractivity contribution is -0.135. The maximum atomic E-state index is 12.7. The molecular formula is C24H40Cl4N6O2. The molecule has 36 heavy (non-hydrogen) atoms. The zero-order valence-electron chi connectivity index (χ0n) is 21.7. The number of nitrogens with one attached hydrogen (secondary N) is 1. The summed E-state index contributed by atoms with van der Waals surface area (Å²) in [5.41, 5.74) is 9.09. The molecule has 0 bridgehead atoms. The van der Waals surface area contributed by atoms with Crippen molar-refractivity contribution in [1.82, 2.24) is 19.8 Å². The van der Waals surface area contributed by atoms with Crippen LogP contribution in [0.3, 0.4) is 0 Å². The van der Waals surface area contributed by atoms with Gasteiger partial charge in [0.1, 0.15) is 11.9 Å². The Kier molecular flexibility index (Phi) is 15.7. The van der Waals surface area contributed by atoms with Crippen LogP contribution in [0.5, 0.6) is 0 Å². The number of carbonyl (C=O) groups is 2. The summed E-state index contributed by atoms with van der Waals surface area (Å²) in [6.07, 6.45) is 1.52. The second-order valence-electron chi connectivity index (χ2n) is 9.19. The highest BCUT2D eigenvalue weighted by Gasteiger charge is 2.26. The van der Waals surface area contributed by atoms with Gasteiger partial charge in [-0.1, -0.05) is 13.8 Å². The molecule has 1 aromatic heterocycles. The average Bonchev–Trinajstić information content (AvgIpc) is 3.10.